The van der Waals surface area contributed by atoms with Crippen LogP contribution in [0.15, 0.2) is 77.9 Å². The third-order valence-electron chi connectivity index (χ3n) is 5.55. The molecular formula is C27H27N3O2. The molecule has 0 aliphatic carbocycles. The third kappa shape index (κ3) is 4.72. The fourth-order valence-corrected chi connectivity index (χ4v) is 3.80. The van der Waals surface area contributed by atoms with Crippen molar-refractivity contribution in [3.8, 4) is 5.75 Å². The second-order valence-corrected chi connectivity index (χ2v) is 7.94. The van der Waals surface area contributed by atoms with Crippen LogP contribution in [0.2, 0.25) is 0 Å². The van der Waals surface area contributed by atoms with Crippen LogP contribution in [0.1, 0.15) is 27.9 Å². The maximum absolute atomic E-state index is 12.2. The smallest absolute Gasteiger partial charge is 0.277 e. The molecule has 1 heterocycles. The molecule has 1 N–H and O–H groups in total. The van der Waals surface area contributed by atoms with E-state index in [2.05, 4.69) is 58.4 Å². The van der Waals surface area contributed by atoms with E-state index in [-0.39, 0.29) is 12.5 Å². The molecule has 0 unspecified atom stereocenters. The van der Waals surface area contributed by atoms with Crippen LogP contribution >= 0.6 is 0 Å². The lowest BCUT2D eigenvalue weighted by molar-refractivity contribution is -0.123. The van der Waals surface area contributed by atoms with Gasteiger partial charge in [0.1, 0.15) is 5.75 Å². The molecule has 0 atom stereocenters. The van der Waals surface area contributed by atoms with Crippen LogP contribution in [-0.2, 0) is 11.3 Å². The molecule has 162 valence electrons. The summed E-state index contributed by atoms with van der Waals surface area (Å²) in [6.07, 6.45) is 1.72. The van der Waals surface area contributed by atoms with Crippen LogP contribution in [0.4, 0.5) is 0 Å². The number of rotatable bonds is 7. The monoisotopic (exact) mass is 425 g/mol. The van der Waals surface area contributed by atoms with E-state index in [1.807, 2.05) is 50.2 Å². The number of nitrogens with zero attached hydrogens (tertiary/aromatic N) is 2. The Morgan fingerprint density at radius 2 is 1.75 bits per heavy atom. The minimum absolute atomic E-state index is 0.0869. The van der Waals surface area contributed by atoms with Gasteiger partial charge in [-0.25, -0.2) is 5.43 Å². The highest BCUT2D eigenvalue weighted by Gasteiger charge is 2.13. The van der Waals surface area contributed by atoms with Crippen molar-refractivity contribution >= 4 is 23.0 Å². The van der Waals surface area contributed by atoms with E-state index in [0.29, 0.717) is 5.75 Å². The molecule has 0 saturated heterocycles. The minimum atomic E-state index is -0.298. The number of hydrazone groups is 1. The van der Waals surface area contributed by atoms with Gasteiger partial charge in [0.15, 0.2) is 6.61 Å². The van der Waals surface area contributed by atoms with Crippen LogP contribution in [0.5, 0.6) is 5.75 Å². The number of fused-ring (bicyclic) bond motifs is 1. The Kier molecular flexibility index (Phi) is 6.36. The standard InChI is InChI=1S/C27H27N3O2/c1-19-13-14-20(2)26(15-19)32-18-27(31)29-28-16-24-21(3)30(17-22-9-5-4-6-10-22)25-12-8-7-11-23(24)25/h4-16H,17-18H2,1-3H3,(H,29,31). The normalized spacial score (nSPS) is 11.2. The molecular weight excluding hydrogens is 398 g/mol. The summed E-state index contributed by atoms with van der Waals surface area (Å²) in [6, 6.07) is 24.5. The Morgan fingerprint density at radius 1 is 1.00 bits per heavy atom. The van der Waals surface area contributed by atoms with Crippen molar-refractivity contribution in [3.05, 3.63) is 101 Å². The highest BCUT2D eigenvalue weighted by Crippen LogP contribution is 2.25. The molecule has 3 aromatic carbocycles. The summed E-state index contributed by atoms with van der Waals surface area (Å²) in [5.74, 6) is 0.414. The van der Waals surface area contributed by atoms with Crippen LogP contribution in [-0.4, -0.2) is 23.3 Å². The summed E-state index contributed by atoms with van der Waals surface area (Å²) in [6.45, 7) is 6.72. The number of nitrogens with one attached hydrogen (secondary N) is 1. The second kappa shape index (κ2) is 9.52. The van der Waals surface area contributed by atoms with Crippen LogP contribution in [0.25, 0.3) is 10.9 Å². The first-order valence-electron chi connectivity index (χ1n) is 10.7. The summed E-state index contributed by atoms with van der Waals surface area (Å²) in [4.78, 5) is 12.2. The molecule has 1 amide bonds. The summed E-state index contributed by atoms with van der Waals surface area (Å²) in [5.41, 5.74) is 9.13. The minimum Gasteiger partial charge on any atom is -0.483 e. The largest absolute Gasteiger partial charge is 0.483 e. The van der Waals surface area contributed by atoms with E-state index in [0.717, 1.165) is 39.8 Å². The lowest BCUT2D eigenvalue weighted by atomic mass is 10.1. The van der Waals surface area contributed by atoms with E-state index in [4.69, 9.17) is 4.74 Å². The first-order valence-corrected chi connectivity index (χ1v) is 10.7. The van der Waals surface area contributed by atoms with Crippen molar-refractivity contribution < 1.29 is 9.53 Å². The molecule has 1 aromatic heterocycles. The molecule has 5 nitrogen and oxygen atoms in total. The Balaban J connectivity index is 1.48. The Labute approximate surface area is 188 Å². The van der Waals surface area contributed by atoms with E-state index in [9.17, 15) is 4.79 Å². The number of hydrogen-bond acceptors (Lipinski definition) is 3. The van der Waals surface area contributed by atoms with Gasteiger partial charge in [-0.05, 0) is 49.6 Å². The van der Waals surface area contributed by atoms with E-state index < -0.39 is 0 Å². The number of benzene rings is 3. The molecule has 32 heavy (non-hydrogen) atoms. The summed E-state index contributed by atoms with van der Waals surface area (Å²) in [7, 11) is 0. The predicted molar refractivity (Wildman–Crippen MR) is 129 cm³/mol. The molecule has 0 aliphatic heterocycles. The summed E-state index contributed by atoms with van der Waals surface area (Å²) >= 11 is 0. The zero-order valence-electron chi connectivity index (χ0n) is 18.6. The van der Waals surface area contributed by atoms with E-state index in [1.165, 1.54) is 5.56 Å². The Morgan fingerprint density at radius 3 is 2.56 bits per heavy atom. The molecule has 4 rings (SSSR count). The zero-order chi connectivity index (χ0) is 22.5. The van der Waals surface area contributed by atoms with Crippen molar-refractivity contribution in [3.63, 3.8) is 0 Å². The number of ether oxygens (including phenoxy) is 1. The van der Waals surface area contributed by atoms with Gasteiger partial charge in [-0.2, -0.15) is 5.10 Å². The molecule has 0 fully saturated rings. The Bertz CT molecular complexity index is 1270. The lowest BCUT2D eigenvalue weighted by Gasteiger charge is -2.09. The van der Waals surface area contributed by atoms with Gasteiger partial charge < -0.3 is 9.30 Å². The number of hydrogen-bond donors (Lipinski definition) is 1. The highest BCUT2D eigenvalue weighted by atomic mass is 16.5. The van der Waals surface area contributed by atoms with Gasteiger partial charge in [0, 0.05) is 28.7 Å². The van der Waals surface area contributed by atoms with Gasteiger partial charge in [-0.1, -0.05) is 60.7 Å². The Hall–Kier alpha value is -3.86. The van der Waals surface area contributed by atoms with Crippen LogP contribution in [0.3, 0.4) is 0 Å². The molecule has 0 spiro atoms. The highest BCUT2D eigenvalue weighted by molar-refractivity contribution is 6.01. The summed E-state index contributed by atoms with van der Waals surface area (Å²) in [5, 5.41) is 5.31. The first-order chi connectivity index (χ1) is 15.5. The molecule has 0 radical (unpaired) electrons. The molecule has 0 aliphatic rings. The molecule has 0 bridgehead atoms. The number of aromatic nitrogens is 1. The number of carbonyl (C=O) groups excluding carboxylic acids is 1. The second-order valence-electron chi connectivity index (χ2n) is 7.94. The predicted octanol–water partition coefficient (Wildman–Crippen LogP) is 5.14. The van der Waals surface area contributed by atoms with Crippen molar-refractivity contribution in [1.82, 2.24) is 9.99 Å². The SMILES string of the molecule is Cc1ccc(C)c(OCC(=O)NN=Cc2c(C)n(Cc3ccccc3)c3ccccc23)c1. The van der Waals surface area contributed by atoms with Crippen molar-refractivity contribution in [2.24, 2.45) is 5.10 Å². The third-order valence-corrected chi connectivity index (χ3v) is 5.55. The fraction of sp³-hybridized carbons (Fsp3) is 0.185. The van der Waals surface area contributed by atoms with Crippen LogP contribution < -0.4 is 10.2 Å². The van der Waals surface area contributed by atoms with Gasteiger partial charge in [-0.15, -0.1) is 0 Å². The van der Waals surface area contributed by atoms with Gasteiger partial charge in [0.2, 0.25) is 0 Å². The fourth-order valence-electron chi connectivity index (χ4n) is 3.80. The molecule has 4 aromatic rings. The number of para-hydroxylation sites is 1. The average Bonchev–Trinajstić information content (AvgIpc) is 3.06. The lowest BCUT2D eigenvalue weighted by Crippen LogP contribution is -2.24. The average molecular weight is 426 g/mol. The van der Waals surface area contributed by atoms with Gasteiger partial charge in [-0.3, -0.25) is 4.79 Å². The number of amides is 1. The van der Waals surface area contributed by atoms with Crippen molar-refractivity contribution in [1.29, 1.82) is 0 Å². The zero-order valence-corrected chi connectivity index (χ0v) is 18.6. The molecule has 0 saturated carbocycles. The quantitative estimate of drug-likeness (QED) is 0.329. The van der Waals surface area contributed by atoms with Gasteiger partial charge in [0.05, 0.1) is 6.21 Å². The number of aryl methyl sites for hydroxylation is 2. The van der Waals surface area contributed by atoms with Crippen LogP contribution in [0, 0.1) is 20.8 Å². The first kappa shape index (κ1) is 21.4. The van der Waals surface area contributed by atoms with Crippen molar-refractivity contribution in [2.45, 2.75) is 27.3 Å². The maximum atomic E-state index is 12.2. The molecule has 5 heteroatoms. The number of carbonyl (C=O) groups is 1. The maximum Gasteiger partial charge on any atom is 0.277 e. The van der Waals surface area contributed by atoms with E-state index >= 15 is 0 Å². The van der Waals surface area contributed by atoms with Crippen molar-refractivity contribution in [2.75, 3.05) is 6.61 Å². The van der Waals surface area contributed by atoms with Gasteiger partial charge >= 0.3 is 0 Å². The summed E-state index contributed by atoms with van der Waals surface area (Å²) < 4.78 is 7.93. The van der Waals surface area contributed by atoms with E-state index in [1.54, 1.807) is 6.21 Å². The van der Waals surface area contributed by atoms with Gasteiger partial charge in [0.25, 0.3) is 5.91 Å². The topological polar surface area (TPSA) is 55.6 Å².